The summed E-state index contributed by atoms with van der Waals surface area (Å²) >= 11 is 0. The first kappa shape index (κ1) is 14.1. The van der Waals surface area contributed by atoms with Crippen LogP contribution in [0.1, 0.15) is 38.8 Å². The van der Waals surface area contributed by atoms with E-state index in [1.54, 1.807) is 6.92 Å². The Balaban J connectivity index is 2.05. The van der Waals surface area contributed by atoms with Crippen LogP contribution in [-0.2, 0) is 26.3 Å². The van der Waals surface area contributed by atoms with E-state index >= 15 is 0 Å². The average Bonchev–Trinajstić information content (AvgIpc) is 3.03. The van der Waals surface area contributed by atoms with E-state index in [0.29, 0.717) is 12.5 Å². The molecule has 3 heteroatoms. The van der Waals surface area contributed by atoms with Gasteiger partial charge in [0.1, 0.15) is 5.60 Å². The van der Waals surface area contributed by atoms with E-state index in [1.165, 1.54) is 5.56 Å². The minimum absolute atomic E-state index is 0.267. The van der Waals surface area contributed by atoms with Crippen molar-refractivity contribution in [3.05, 3.63) is 35.4 Å². The summed E-state index contributed by atoms with van der Waals surface area (Å²) < 4.78 is 10.5. The zero-order valence-corrected chi connectivity index (χ0v) is 12.1. The quantitative estimate of drug-likeness (QED) is 0.604. The van der Waals surface area contributed by atoms with Crippen molar-refractivity contribution < 1.29 is 14.3 Å². The number of epoxide rings is 1. The van der Waals surface area contributed by atoms with Crippen LogP contribution in [0.5, 0.6) is 0 Å². The number of carbonyl (C=O) groups is 1. The van der Waals surface area contributed by atoms with Crippen LogP contribution in [0, 0.1) is 5.92 Å². The minimum Gasteiger partial charge on any atom is -0.464 e. The molecule has 0 aliphatic carbocycles. The molecule has 0 radical (unpaired) electrons. The maximum Gasteiger partial charge on any atom is 0.338 e. The molecule has 1 aromatic rings. The van der Waals surface area contributed by atoms with Gasteiger partial charge >= 0.3 is 5.97 Å². The van der Waals surface area contributed by atoms with Gasteiger partial charge in [0.15, 0.2) is 6.10 Å². The number of hydrogen-bond acceptors (Lipinski definition) is 3. The van der Waals surface area contributed by atoms with Crippen molar-refractivity contribution in [2.75, 3.05) is 6.61 Å². The fourth-order valence-corrected chi connectivity index (χ4v) is 2.36. The SMILES string of the molecule is CCOC(=O)[C@H]1O[C@]1(C)c1ccc(CC(C)C)cc1. The van der Waals surface area contributed by atoms with Crippen molar-refractivity contribution in [3.63, 3.8) is 0 Å². The number of ether oxygens (including phenoxy) is 2. The van der Waals surface area contributed by atoms with Crippen molar-refractivity contribution in [1.29, 1.82) is 0 Å². The number of rotatable bonds is 5. The Morgan fingerprint density at radius 3 is 2.53 bits per heavy atom. The Morgan fingerprint density at radius 2 is 2.00 bits per heavy atom. The highest BCUT2D eigenvalue weighted by Gasteiger charge is 2.59. The van der Waals surface area contributed by atoms with Crippen LogP contribution in [0.25, 0.3) is 0 Å². The summed E-state index contributed by atoms with van der Waals surface area (Å²) in [5, 5.41) is 0. The topological polar surface area (TPSA) is 38.8 Å². The molecule has 1 saturated heterocycles. The first-order valence-corrected chi connectivity index (χ1v) is 6.91. The lowest BCUT2D eigenvalue weighted by molar-refractivity contribution is -0.144. The van der Waals surface area contributed by atoms with Gasteiger partial charge in [-0.2, -0.15) is 0 Å². The number of hydrogen-bond donors (Lipinski definition) is 0. The predicted molar refractivity (Wildman–Crippen MR) is 73.8 cm³/mol. The Hall–Kier alpha value is -1.35. The van der Waals surface area contributed by atoms with Gasteiger partial charge in [-0.1, -0.05) is 38.1 Å². The molecule has 0 spiro atoms. The molecular formula is C16H22O3. The molecule has 1 aliphatic heterocycles. The first-order valence-electron chi connectivity index (χ1n) is 6.91. The van der Waals surface area contributed by atoms with E-state index in [9.17, 15) is 4.79 Å². The van der Waals surface area contributed by atoms with Crippen LogP contribution < -0.4 is 0 Å². The third-order valence-electron chi connectivity index (χ3n) is 3.48. The molecule has 1 aromatic carbocycles. The maximum absolute atomic E-state index is 11.7. The molecule has 0 amide bonds. The molecule has 1 aliphatic rings. The van der Waals surface area contributed by atoms with Crippen LogP contribution >= 0.6 is 0 Å². The van der Waals surface area contributed by atoms with Crippen molar-refractivity contribution in [3.8, 4) is 0 Å². The Bertz CT molecular complexity index is 450. The van der Waals surface area contributed by atoms with E-state index in [2.05, 4.69) is 38.1 Å². The van der Waals surface area contributed by atoms with Gasteiger partial charge in [-0.05, 0) is 37.3 Å². The standard InChI is InChI=1S/C16H22O3/c1-5-18-15(17)14-16(4,19-14)13-8-6-12(7-9-13)10-11(2)3/h6-9,11,14H,5,10H2,1-4H3/t14-,16-/m1/s1. The third-order valence-corrected chi connectivity index (χ3v) is 3.48. The lowest BCUT2D eigenvalue weighted by atomic mass is 9.94. The van der Waals surface area contributed by atoms with Crippen LogP contribution in [0.4, 0.5) is 0 Å². The molecule has 0 aromatic heterocycles. The number of carbonyl (C=O) groups excluding carboxylic acids is 1. The molecule has 104 valence electrons. The largest absolute Gasteiger partial charge is 0.464 e. The second-order valence-electron chi connectivity index (χ2n) is 5.65. The monoisotopic (exact) mass is 262 g/mol. The molecule has 1 heterocycles. The van der Waals surface area contributed by atoms with Gasteiger partial charge in [0.05, 0.1) is 6.61 Å². The van der Waals surface area contributed by atoms with Gasteiger partial charge < -0.3 is 9.47 Å². The highest BCUT2D eigenvalue weighted by molar-refractivity contribution is 5.79. The molecule has 3 nitrogen and oxygen atoms in total. The lowest BCUT2D eigenvalue weighted by Gasteiger charge is -2.09. The molecule has 1 fully saturated rings. The number of esters is 1. The zero-order chi connectivity index (χ0) is 14.0. The molecule has 2 rings (SSSR count). The molecule has 2 atom stereocenters. The Morgan fingerprint density at radius 1 is 1.37 bits per heavy atom. The summed E-state index contributed by atoms with van der Waals surface area (Å²) in [7, 11) is 0. The lowest BCUT2D eigenvalue weighted by Crippen LogP contribution is -2.18. The highest BCUT2D eigenvalue weighted by atomic mass is 16.7. The van der Waals surface area contributed by atoms with Gasteiger partial charge in [-0.3, -0.25) is 0 Å². The minimum atomic E-state index is -0.511. The van der Waals surface area contributed by atoms with E-state index in [-0.39, 0.29) is 5.97 Å². The second kappa shape index (κ2) is 5.33. The smallest absolute Gasteiger partial charge is 0.338 e. The van der Waals surface area contributed by atoms with Gasteiger partial charge in [0.2, 0.25) is 0 Å². The third kappa shape index (κ3) is 2.98. The highest BCUT2D eigenvalue weighted by Crippen LogP contribution is 2.46. The first-order chi connectivity index (χ1) is 8.97. The normalized spacial score (nSPS) is 25.4. The Kier molecular flexibility index (Phi) is 3.95. The summed E-state index contributed by atoms with van der Waals surface area (Å²) in [4.78, 5) is 11.7. The maximum atomic E-state index is 11.7. The van der Waals surface area contributed by atoms with Crippen molar-refractivity contribution in [2.24, 2.45) is 5.92 Å². The molecule has 0 unspecified atom stereocenters. The molecule has 19 heavy (non-hydrogen) atoms. The van der Waals surface area contributed by atoms with E-state index in [0.717, 1.165) is 12.0 Å². The van der Waals surface area contributed by atoms with Crippen LogP contribution in [0.15, 0.2) is 24.3 Å². The van der Waals surface area contributed by atoms with Crippen LogP contribution in [0.3, 0.4) is 0 Å². The Labute approximate surface area is 114 Å². The fourth-order valence-electron chi connectivity index (χ4n) is 2.36. The average molecular weight is 262 g/mol. The fraction of sp³-hybridized carbons (Fsp3) is 0.562. The summed E-state index contributed by atoms with van der Waals surface area (Å²) in [5.41, 5.74) is 1.84. The van der Waals surface area contributed by atoms with E-state index < -0.39 is 11.7 Å². The molecule has 0 bridgehead atoms. The van der Waals surface area contributed by atoms with Crippen LogP contribution in [-0.4, -0.2) is 18.7 Å². The predicted octanol–water partition coefficient (Wildman–Crippen LogP) is 3.06. The molecular weight excluding hydrogens is 240 g/mol. The summed E-state index contributed by atoms with van der Waals surface area (Å²) in [6.07, 6.45) is 0.613. The van der Waals surface area contributed by atoms with Gasteiger partial charge in [0, 0.05) is 0 Å². The van der Waals surface area contributed by atoms with Gasteiger partial charge in [-0.25, -0.2) is 4.79 Å². The van der Waals surface area contributed by atoms with Crippen molar-refractivity contribution in [1.82, 2.24) is 0 Å². The van der Waals surface area contributed by atoms with Crippen molar-refractivity contribution in [2.45, 2.75) is 45.8 Å². The summed E-state index contributed by atoms with van der Waals surface area (Å²) in [6, 6.07) is 8.34. The summed E-state index contributed by atoms with van der Waals surface area (Å²) in [6.45, 7) is 8.54. The number of benzene rings is 1. The summed E-state index contributed by atoms with van der Waals surface area (Å²) in [5.74, 6) is 0.377. The van der Waals surface area contributed by atoms with Gasteiger partial charge in [-0.15, -0.1) is 0 Å². The van der Waals surface area contributed by atoms with E-state index in [4.69, 9.17) is 9.47 Å². The molecule has 0 saturated carbocycles. The van der Waals surface area contributed by atoms with E-state index in [1.807, 2.05) is 6.92 Å². The zero-order valence-electron chi connectivity index (χ0n) is 12.1. The van der Waals surface area contributed by atoms with Crippen molar-refractivity contribution >= 4 is 5.97 Å². The van der Waals surface area contributed by atoms with Crippen LogP contribution in [0.2, 0.25) is 0 Å². The second-order valence-corrected chi connectivity index (χ2v) is 5.65. The van der Waals surface area contributed by atoms with Gasteiger partial charge in [0.25, 0.3) is 0 Å². The molecule has 0 N–H and O–H groups in total.